The summed E-state index contributed by atoms with van der Waals surface area (Å²) in [6, 6.07) is 12.6. The number of phenolic OH excluding ortho intramolecular Hbond substituents is 2. The van der Waals surface area contributed by atoms with Crippen LogP contribution in [0.1, 0.15) is 10.5 Å². The molecular formula is C22H16ClN3O5. The van der Waals surface area contributed by atoms with E-state index in [-0.39, 0.29) is 33.5 Å². The van der Waals surface area contributed by atoms with Gasteiger partial charge in [0.25, 0.3) is 5.91 Å². The van der Waals surface area contributed by atoms with E-state index in [1.165, 1.54) is 6.07 Å². The first kappa shape index (κ1) is 20.2. The van der Waals surface area contributed by atoms with Crippen LogP contribution < -0.4 is 10.1 Å². The Morgan fingerprint density at radius 1 is 1.06 bits per heavy atom. The molecular weight excluding hydrogens is 422 g/mol. The molecule has 4 aromatic rings. The average Bonchev–Trinajstić information content (AvgIpc) is 3.22. The molecule has 0 radical (unpaired) electrons. The zero-order valence-corrected chi connectivity index (χ0v) is 16.9. The van der Waals surface area contributed by atoms with Crippen molar-refractivity contribution in [1.82, 2.24) is 10.1 Å². The number of ether oxygens (including phenoxy) is 1. The van der Waals surface area contributed by atoms with Gasteiger partial charge in [-0.3, -0.25) is 9.78 Å². The van der Waals surface area contributed by atoms with Crippen LogP contribution in [0.5, 0.6) is 17.2 Å². The second-order valence-electron chi connectivity index (χ2n) is 6.47. The van der Waals surface area contributed by atoms with E-state index in [0.29, 0.717) is 22.6 Å². The van der Waals surface area contributed by atoms with Crippen LogP contribution in [0, 0.1) is 0 Å². The number of carbonyl (C=O) groups excluding carboxylic acids is 1. The molecule has 0 aliphatic carbocycles. The summed E-state index contributed by atoms with van der Waals surface area (Å²) in [7, 11) is 1.55. The number of rotatable bonds is 5. The minimum Gasteiger partial charge on any atom is -0.507 e. The van der Waals surface area contributed by atoms with E-state index in [2.05, 4.69) is 15.5 Å². The fourth-order valence-corrected chi connectivity index (χ4v) is 3.18. The fourth-order valence-electron chi connectivity index (χ4n) is 3.01. The summed E-state index contributed by atoms with van der Waals surface area (Å²) in [5.41, 5.74) is 1.64. The Bertz CT molecular complexity index is 1240. The number of benzene rings is 2. The van der Waals surface area contributed by atoms with Crippen LogP contribution in [0.4, 0.5) is 5.69 Å². The van der Waals surface area contributed by atoms with Gasteiger partial charge in [0.1, 0.15) is 17.2 Å². The Hall–Kier alpha value is -4.04. The highest BCUT2D eigenvalue weighted by molar-refractivity contribution is 6.32. The number of phenols is 2. The Morgan fingerprint density at radius 3 is 2.45 bits per heavy atom. The van der Waals surface area contributed by atoms with Gasteiger partial charge in [-0.25, -0.2) is 0 Å². The van der Waals surface area contributed by atoms with Crippen molar-refractivity contribution < 1.29 is 24.3 Å². The molecule has 156 valence electrons. The van der Waals surface area contributed by atoms with Crippen molar-refractivity contribution in [1.29, 1.82) is 0 Å². The maximum absolute atomic E-state index is 13.0. The van der Waals surface area contributed by atoms with E-state index < -0.39 is 5.91 Å². The molecule has 0 fully saturated rings. The standard InChI is InChI=1S/C22H16ClN3O5/c1-30-14-4-2-12(3-5-14)19-20(22(29)25-13-6-8-24-9-7-13)26-31-21(19)15-10-16(23)18(28)11-17(15)27/h2-11,27-28H,1H3,(H,24,25,29). The van der Waals surface area contributed by atoms with E-state index >= 15 is 0 Å². The van der Waals surface area contributed by atoms with Crippen LogP contribution in [0.2, 0.25) is 5.02 Å². The quantitative estimate of drug-likeness (QED) is 0.413. The van der Waals surface area contributed by atoms with E-state index in [4.69, 9.17) is 20.9 Å². The average molecular weight is 438 g/mol. The van der Waals surface area contributed by atoms with E-state index in [1.807, 2.05) is 0 Å². The molecule has 1 amide bonds. The lowest BCUT2D eigenvalue weighted by molar-refractivity contribution is 0.101. The third-order valence-corrected chi connectivity index (χ3v) is 4.84. The first-order chi connectivity index (χ1) is 15.0. The number of hydrogen-bond donors (Lipinski definition) is 3. The maximum Gasteiger partial charge on any atom is 0.278 e. The molecule has 0 spiro atoms. The minimum absolute atomic E-state index is 0.000534. The van der Waals surface area contributed by atoms with Gasteiger partial charge in [0, 0.05) is 24.1 Å². The molecule has 0 bridgehead atoms. The molecule has 0 aliphatic heterocycles. The predicted molar refractivity (Wildman–Crippen MR) is 114 cm³/mol. The summed E-state index contributed by atoms with van der Waals surface area (Å²) in [6.07, 6.45) is 3.09. The van der Waals surface area contributed by atoms with Gasteiger partial charge in [-0.1, -0.05) is 28.9 Å². The Kier molecular flexibility index (Phi) is 5.46. The van der Waals surface area contributed by atoms with Gasteiger partial charge in [0.15, 0.2) is 11.5 Å². The number of amides is 1. The molecule has 9 heteroatoms. The van der Waals surface area contributed by atoms with Crippen molar-refractivity contribution in [2.45, 2.75) is 0 Å². The molecule has 4 rings (SSSR count). The summed E-state index contributed by atoms with van der Waals surface area (Å²) >= 11 is 6.03. The first-order valence-corrected chi connectivity index (χ1v) is 9.43. The number of nitrogens with one attached hydrogen (secondary N) is 1. The van der Waals surface area contributed by atoms with Crippen LogP contribution >= 0.6 is 11.6 Å². The molecule has 3 N–H and O–H groups in total. The van der Waals surface area contributed by atoms with Crippen molar-refractivity contribution in [2.75, 3.05) is 12.4 Å². The topological polar surface area (TPSA) is 118 Å². The summed E-state index contributed by atoms with van der Waals surface area (Å²) in [5.74, 6) is -0.348. The Labute approximate surface area is 181 Å². The lowest BCUT2D eigenvalue weighted by atomic mass is 9.98. The third kappa shape index (κ3) is 4.01. The fraction of sp³-hybridized carbons (Fsp3) is 0.0455. The lowest BCUT2D eigenvalue weighted by Gasteiger charge is -2.09. The van der Waals surface area contributed by atoms with Gasteiger partial charge in [0.2, 0.25) is 0 Å². The molecule has 0 atom stereocenters. The van der Waals surface area contributed by atoms with Gasteiger partial charge in [-0.15, -0.1) is 0 Å². The number of aromatic hydroxyl groups is 2. The number of halogens is 1. The second kappa shape index (κ2) is 8.37. The molecule has 2 aromatic carbocycles. The number of anilines is 1. The molecule has 8 nitrogen and oxygen atoms in total. The van der Waals surface area contributed by atoms with Gasteiger partial charge < -0.3 is 24.8 Å². The van der Waals surface area contributed by atoms with Crippen LogP contribution in [0.25, 0.3) is 22.5 Å². The van der Waals surface area contributed by atoms with Crippen molar-refractivity contribution in [3.63, 3.8) is 0 Å². The number of methoxy groups -OCH3 is 1. The highest BCUT2D eigenvalue weighted by Gasteiger charge is 2.27. The maximum atomic E-state index is 13.0. The van der Waals surface area contributed by atoms with Gasteiger partial charge in [-0.05, 0) is 35.9 Å². The van der Waals surface area contributed by atoms with E-state index in [9.17, 15) is 15.0 Å². The predicted octanol–water partition coefficient (Wildman–Crippen LogP) is 4.73. The van der Waals surface area contributed by atoms with Crippen LogP contribution in [-0.2, 0) is 0 Å². The van der Waals surface area contributed by atoms with E-state index in [0.717, 1.165) is 6.07 Å². The second-order valence-corrected chi connectivity index (χ2v) is 6.88. The van der Waals surface area contributed by atoms with Gasteiger partial charge >= 0.3 is 0 Å². The zero-order chi connectivity index (χ0) is 22.0. The lowest BCUT2D eigenvalue weighted by Crippen LogP contribution is -2.13. The van der Waals surface area contributed by atoms with Crippen molar-refractivity contribution in [2.24, 2.45) is 0 Å². The highest BCUT2D eigenvalue weighted by Crippen LogP contribution is 2.43. The third-order valence-electron chi connectivity index (χ3n) is 4.53. The SMILES string of the molecule is COc1ccc(-c2c(C(=O)Nc3ccncc3)noc2-c2cc(Cl)c(O)cc2O)cc1. The smallest absolute Gasteiger partial charge is 0.278 e. The monoisotopic (exact) mass is 437 g/mol. The van der Waals surface area contributed by atoms with Crippen molar-refractivity contribution in [3.05, 3.63) is 71.6 Å². The van der Waals surface area contributed by atoms with E-state index in [1.54, 1.807) is 55.9 Å². The molecule has 0 saturated heterocycles. The summed E-state index contributed by atoms with van der Waals surface area (Å²) < 4.78 is 10.7. The Morgan fingerprint density at radius 2 is 1.77 bits per heavy atom. The van der Waals surface area contributed by atoms with Crippen LogP contribution in [0.15, 0.2) is 65.4 Å². The first-order valence-electron chi connectivity index (χ1n) is 9.05. The largest absolute Gasteiger partial charge is 0.507 e. The number of pyridine rings is 1. The number of carbonyl (C=O) groups is 1. The van der Waals surface area contributed by atoms with Gasteiger partial charge in [0.05, 0.1) is 23.3 Å². The molecule has 2 heterocycles. The number of aromatic nitrogens is 2. The molecule has 31 heavy (non-hydrogen) atoms. The van der Waals surface area contributed by atoms with Crippen LogP contribution in [-0.4, -0.2) is 33.4 Å². The summed E-state index contributed by atoms with van der Waals surface area (Å²) in [4.78, 5) is 16.9. The molecule has 0 aliphatic rings. The van der Waals surface area contributed by atoms with Crippen LogP contribution in [0.3, 0.4) is 0 Å². The number of nitrogens with zero attached hydrogens (tertiary/aromatic N) is 2. The normalized spacial score (nSPS) is 10.6. The zero-order valence-electron chi connectivity index (χ0n) is 16.2. The van der Waals surface area contributed by atoms with Gasteiger partial charge in [-0.2, -0.15) is 0 Å². The highest BCUT2D eigenvalue weighted by atomic mass is 35.5. The summed E-state index contributed by atoms with van der Waals surface area (Å²) in [5, 5.41) is 26.8. The Balaban J connectivity index is 1.86. The molecule has 0 saturated carbocycles. The van der Waals surface area contributed by atoms with Crippen molar-refractivity contribution >= 4 is 23.2 Å². The summed E-state index contributed by atoms with van der Waals surface area (Å²) in [6.45, 7) is 0. The molecule has 2 aromatic heterocycles. The molecule has 0 unspecified atom stereocenters. The van der Waals surface area contributed by atoms with Crippen molar-refractivity contribution in [3.8, 4) is 39.7 Å². The number of hydrogen-bond acceptors (Lipinski definition) is 7. The minimum atomic E-state index is -0.517.